The van der Waals surface area contributed by atoms with Gasteiger partial charge in [-0.2, -0.15) is 9.97 Å². The number of hydrogen-bond donors (Lipinski definition) is 1. The van der Waals surface area contributed by atoms with Gasteiger partial charge in [-0.25, -0.2) is 4.98 Å². The predicted octanol–water partition coefficient (Wildman–Crippen LogP) is 4.92. The van der Waals surface area contributed by atoms with E-state index in [0.29, 0.717) is 43.5 Å². The summed E-state index contributed by atoms with van der Waals surface area (Å²) in [6.07, 6.45) is 3.54. The molecule has 1 amide bonds. The second-order valence-corrected chi connectivity index (χ2v) is 11.5. The van der Waals surface area contributed by atoms with E-state index in [1.807, 2.05) is 43.3 Å². The summed E-state index contributed by atoms with van der Waals surface area (Å²) < 4.78 is 13.1. The normalized spacial score (nSPS) is 17.9. The monoisotopic (exact) mass is 567 g/mol. The van der Waals surface area contributed by atoms with Gasteiger partial charge in [-0.15, -0.1) is 0 Å². The second-order valence-electron chi connectivity index (χ2n) is 11.5. The van der Waals surface area contributed by atoms with Crippen molar-refractivity contribution in [2.24, 2.45) is 0 Å². The van der Waals surface area contributed by atoms with Crippen molar-refractivity contribution in [2.75, 3.05) is 30.1 Å². The van der Waals surface area contributed by atoms with Crippen LogP contribution >= 0.6 is 0 Å². The SMILES string of the molecule is CC(C)=CC(=O)N1CC(C)N(c2nc(NCc3ccc4c(c3)OCO4)c3ncn(Cc4ccc(C)cc4)c3n2)CC1C. The molecule has 2 aromatic carbocycles. The average Bonchev–Trinajstić information content (AvgIpc) is 3.60. The highest BCUT2D eigenvalue weighted by Gasteiger charge is 2.33. The molecule has 0 spiro atoms. The standard InChI is InChI=1S/C32H37N7O3/c1-20(2)12-28(40)38-15-23(5)39(16-22(38)4)32-35-30(33-14-25-10-11-26-27(13-25)42-19-41-26)29-31(36-32)37(18-34-29)17-24-8-6-21(3)7-9-24/h6-13,18,22-23H,14-17,19H2,1-5H3,(H,33,35,36). The van der Waals surface area contributed by atoms with Crippen molar-refractivity contribution in [3.63, 3.8) is 0 Å². The number of nitrogens with zero attached hydrogens (tertiary/aromatic N) is 6. The molecule has 0 aliphatic carbocycles. The van der Waals surface area contributed by atoms with E-state index < -0.39 is 0 Å². The zero-order chi connectivity index (χ0) is 29.4. The molecule has 0 bridgehead atoms. The van der Waals surface area contributed by atoms with E-state index in [4.69, 9.17) is 24.4 Å². The maximum atomic E-state index is 12.9. The Morgan fingerprint density at radius 1 is 1.00 bits per heavy atom. The van der Waals surface area contributed by atoms with Crippen LogP contribution in [0.3, 0.4) is 0 Å². The van der Waals surface area contributed by atoms with E-state index >= 15 is 0 Å². The Hall–Kier alpha value is -4.60. The Morgan fingerprint density at radius 3 is 2.55 bits per heavy atom. The molecule has 4 aromatic rings. The largest absolute Gasteiger partial charge is 0.454 e. The number of rotatable bonds is 7. The van der Waals surface area contributed by atoms with Crippen molar-refractivity contribution in [1.82, 2.24) is 24.4 Å². The van der Waals surface area contributed by atoms with Crippen LogP contribution in [-0.4, -0.2) is 62.3 Å². The Labute approximate surface area is 246 Å². The van der Waals surface area contributed by atoms with Crippen LogP contribution in [-0.2, 0) is 17.9 Å². The van der Waals surface area contributed by atoms with Gasteiger partial charge in [0.25, 0.3) is 0 Å². The van der Waals surface area contributed by atoms with Gasteiger partial charge >= 0.3 is 0 Å². The van der Waals surface area contributed by atoms with E-state index in [9.17, 15) is 4.79 Å². The van der Waals surface area contributed by atoms with Gasteiger partial charge in [0.2, 0.25) is 18.6 Å². The molecule has 0 radical (unpaired) electrons. The molecule has 1 saturated heterocycles. The number of hydrogen-bond acceptors (Lipinski definition) is 8. The fourth-order valence-electron chi connectivity index (χ4n) is 5.47. The third-order valence-corrected chi connectivity index (χ3v) is 7.76. The van der Waals surface area contributed by atoms with Gasteiger partial charge in [-0.05, 0) is 57.9 Å². The van der Waals surface area contributed by atoms with Crippen LogP contribution < -0.4 is 19.7 Å². The summed E-state index contributed by atoms with van der Waals surface area (Å²) in [6, 6.07) is 14.5. The van der Waals surface area contributed by atoms with Crippen LogP contribution in [0, 0.1) is 6.92 Å². The number of anilines is 2. The number of fused-ring (bicyclic) bond motifs is 2. The molecule has 218 valence electrons. The molecule has 6 rings (SSSR count). The number of aryl methyl sites for hydroxylation is 1. The topological polar surface area (TPSA) is 97.6 Å². The van der Waals surface area contributed by atoms with Crippen molar-refractivity contribution in [3.8, 4) is 11.5 Å². The summed E-state index contributed by atoms with van der Waals surface area (Å²) in [5.74, 6) is 2.83. The maximum absolute atomic E-state index is 12.9. The van der Waals surface area contributed by atoms with Crippen molar-refractivity contribution >= 4 is 28.8 Å². The highest BCUT2D eigenvalue weighted by atomic mass is 16.7. The summed E-state index contributed by atoms with van der Waals surface area (Å²) in [5.41, 5.74) is 5.90. The maximum Gasteiger partial charge on any atom is 0.246 e. The van der Waals surface area contributed by atoms with Crippen molar-refractivity contribution in [2.45, 2.75) is 59.8 Å². The molecular weight excluding hydrogens is 530 g/mol. The van der Waals surface area contributed by atoms with E-state index in [2.05, 4.69) is 59.8 Å². The Kier molecular flexibility index (Phi) is 7.45. The van der Waals surface area contributed by atoms with Crippen LogP contribution in [0.5, 0.6) is 11.5 Å². The predicted molar refractivity (Wildman–Crippen MR) is 163 cm³/mol. The van der Waals surface area contributed by atoms with Crippen LogP contribution in [0.2, 0.25) is 0 Å². The molecule has 42 heavy (non-hydrogen) atoms. The lowest BCUT2D eigenvalue weighted by Crippen LogP contribution is -2.58. The van der Waals surface area contributed by atoms with Gasteiger partial charge in [-0.3, -0.25) is 4.79 Å². The quantitative estimate of drug-likeness (QED) is 0.315. The first kappa shape index (κ1) is 27.6. The first-order valence-corrected chi connectivity index (χ1v) is 14.4. The number of carbonyl (C=O) groups excluding carboxylic acids is 1. The summed E-state index contributed by atoms with van der Waals surface area (Å²) >= 11 is 0. The summed E-state index contributed by atoms with van der Waals surface area (Å²) in [4.78, 5) is 31.8. The lowest BCUT2D eigenvalue weighted by Gasteiger charge is -2.43. The van der Waals surface area contributed by atoms with Crippen molar-refractivity contribution in [3.05, 3.63) is 77.1 Å². The minimum Gasteiger partial charge on any atom is -0.454 e. The van der Waals surface area contributed by atoms with Crippen molar-refractivity contribution < 1.29 is 14.3 Å². The molecular formula is C32H37N7O3. The fraction of sp³-hybridized carbons (Fsp3) is 0.375. The van der Waals surface area contributed by atoms with Crippen LogP contribution in [0.15, 0.2) is 60.4 Å². The van der Waals surface area contributed by atoms with Gasteiger partial charge < -0.3 is 29.2 Å². The molecule has 2 unspecified atom stereocenters. The van der Waals surface area contributed by atoms with Gasteiger partial charge in [-0.1, -0.05) is 41.5 Å². The first-order valence-electron chi connectivity index (χ1n) is 14.4. The molecule has 2 aliphatic rings. The number of carbonyl (C=O) groups is 1. The molecule has 2 aliphatic heterocycles. The summed E-state index contributed by atoms with van der Waals surface area (Å²) in [6.45, 7) is 12.8. The zero-order valence-corrected chi connectivity index (χ0v) is 24.8. The molecule has 2 atom stereocenters. The van der Waals surface area contributed by atoms with Gasteiger partial charge in [0.15, 0.2) is 28.5 Å². The molecule has 1 N–H and O–H groups in total. The highest BCUT2D eigenvalue weighted by molar-refractivity contribution is 5.89. The van der Waals surface area contributed by atoms with Gasteiger partial charge in [0.1, 0.15) is 0 Å². The van der Waals surface area contributed by atoms with Crippen LogP contribution in [0.25, 0.3) is 11.2 Å². The summed E-state index contributed by atoms with van der Waals surface area (Å²) in [7, 11) is 0. The fourth-order valence-corrected chi connectivity index (χ4v) is 5.47. The van der Waals surface area contributed by atoms with Gasteiger partial charge in [0.05, 0.1) is 12.9 Å². The number of imidazole rings is 1. The third-order valence-electron chi connectivity index (χ3n) is 7.76. The lowest BCUT2D eigenvalue weighted by molar-refractivity contribution is -0.128. The van der Waals surface area contributed by atoms with E-state index in [1.165, 1.54) is 11.1 Å². The van der Waals surface area contributed by atoms with E-state index in [0.717, 1.165) is 28.3 Å². The summed E-state index contributed by atoms with van der Waals surface area (Å²) in [5, 5.41) is 3.51. The third kappa shape index (κ3) is 5.61. The number of piperazine rings is 1. The molecule has 2 aromatic heterocycles. The van der Waals surface area contributed by atoms with E-state index in [1.54, 1.807) is 6.08 Å². The smallest absolute Gasteiger partial charge is 0.246 e. The molecule has 4 heterocycles. The Morgan fingerprint density at radius 2 is 1.76 bits per heavy atom. The minimum atomic E-state index is 0.00566. The van der Waals surface area contributed by atoms with Crippen molar-refractivity contribution in [1.29, 1.82) is 0 Å². The molecule has 10 nitrogen and oxygen atoms in total. The zero-order valence-electron chi connectivity index (χ0n) is 24.8. The average molecular weight is 568 g/mol. The molecule has 1 fully saturated rings. The number of ether oxygens (including phenoxy) is 2. The number of aromatic nitrogens is 4. The first-order chi connectivity index (χ1) is 20.2. The number of nitrogens with one attached hydrogen (secondary N) is 1. The number of benzene rings is 2. The minimum absolute atomic E-state index is 0.00566. The highest BCUT2D eigenvalue weighted by Crippen LogP contribution is 2.33. The molecule has 0 saturated carbocycles. The molecule has 10 heteroatoms. The number of amides is 1. The van der Waals surface area contributed by atoms with E-state index in [-0.39, 0.29) is 24.8 Å². The second kappa shape index (κ2) is 11.3. The Bertz CT molecular complexity index is 1640. The van der Waals surface area contributed by atoms with Crippen LogP contribution in [0.1, 0.15) is 44.4 Å². The van der Waals surface area contributed by atoms with Gasteiger partial charge in [0, 0.05) is 37.8 Å². The lowest BCUT2D eigenvalue weighted by atomic mass is 10.1. The Balaban J connectivity index is 1.33. The number of allylic oxidation sites excluding steroid dienone is 1. The van der Waals surface area contributed by atoms with Crippen LogP contribution in [0.4, 0.5) is 11.8 Å².